The van der Waals surface area contributed by atoms with Crippen LogP contribution in [0.25, 0.3) is 16.8 Å². The standard InChI is InChI=1S/C18H15N3O/c1-12-14(11-13-7-3-2-4-8-13)17(22)21-16-10-6-5-9-15(16)20-18(21)19-12/h2-10H,11H2,1H3,(H,19,20). The van der Waals surface area contributed by atoms with Gasteiger partial charge in [0.1, 0.15) is 0 Å². The zero-order valence-electron chi connectivity index (χ0n) is 12.2. The summed E-state index contributed by atoms with van der Waals surface area (Å²) in [6, 6.07) is 17.7. The fourth-order valence-electron chi connectivity index (χ4n) is 2.86. The fraction of sp³-hybridized carbons (Fsp3) is 0.111. The molecule has 0 unspecified atom stereocenters. The number of nitrogens with zero attached hydrogens (tertiary/aromatic N) is 2. The second-order valence-electron chi connectivity index (χ2n) is 5.46. The molecule has 2 aromatic carbocycles. The van der Waals surface area contributed by atoms with Crippen LogP contribution in [-0.2, 0) is 6.42 Å². The molecule has 0 saturated carbocycles. The first-order valence-corrected chi connectivity index (χ1v) is 7.27. The molecular weight excluding hydrogens is 274 g/mol. The van der Waals surface area contributed by atoms with Crippen molar-refractivity contribution < 1.29 is 0 Å². The van der Waals surface area contributed by atoms with Crippen LogP contribution in [0.4, 0.5) is 0 Å². The molecule has 0 saturated heterocycles. The van der Waals surface area contributed by atoms with E-state index in [2.05, 4.69) is 9.97 Å². The predicted molar refractivity (Wildman–Crippen MR) is 87.3 cm³/mol. The number of H-pyrrole nitrogens is 1. The van der Waals surface area contributed by atoms with E-state index in [4.69, 9.17) is 0 Å². The molecule has 4 rings (SSSR count). The van der Waals surface area contributed by atoms with Crippen LogP contribution >= 0.6 is 0 Å². The van der Waals surface area contributed by atoms with Crippen molar-refractivity contribution in [1.29, 1.82) is 0 Å². The lowest BCUT2D eigenvalue weighted by atomic mass is 10.1. The molecule has 0 amide bonds. The first-order valence-electron chi connectivity index (χ1n) is 7.27. The Balaban J connectivity index is 1.99. The quantitative estimate of drug-likeness (QED) is 0.616. The number of nitrogens with one attached hydrogen (secondary N) is 1. The third-order valence-electron chi connectivity index (χ3n) is 4.00. The maximum atomic E-state index is 12.9. The minimum atomic E-state index is 0.00352. The maximum Gasteiger partial charge on any atom is 0.263 e. The Kier molecular flexibility index (Phi) is 2.82. The third kappa shape index (κ3) is 1.92. The second-order valence-corrected chi connectivity index (χ2v) is 5.46. The molecule has 108 valence electrons. The van der Waals surface area contributed by atoms with E-state index >= 15 is 0 Å². The first kappa shape index (κ1) is 12.8. The number of fused-ring (bicyclic) bond motifs is 3. The molecule has 0 aliphatic rings. The van der Waals surface area contributed by atoms with E-state index in [1.807, 2.05) is 61.5 Å². The summed E-state index contributed by atoms with van der Waals surface area (Å²) in [7, 11) is 0. The van der Waals surface area contributed by atoms with Crippen LogP contribution in [0.1, 0.15) is 16.8 Å². The van der Waals surface area contributed by atoms with Crippen LogP contribution in [0.15, 0.2) is 59.4 Å². The topological polar surface area (TPSA) is 50.2 Å². The number of hydrogen-bond donors (Lipinski definition) is 1. The van der Waals surface area contributed by atoms with Crippen LogP contribution in [0.5, 0.6) is 0 Å². The maximum absolute atomic E-state index is 12.9. The number of hydrogen-bond acceptors (Lipinski definition) is 2. The van der Waals surface area contributed by atoms with Crippen molar-refractivity contribution in [3.8, 4) is 0 Å². The highest BCUT2D eigenvalue weighted by molar-refractivity contribution is 5.79. The monoisotopic (exact) mass is 289 g/mol. The number of rotatable bonds is 2. The highest BCUT2D eigenvalue weighted by Crippen LogP contribution is 2.15. The first-order chi connectivity index (χ1) is 10.7. The Morgan fingerprint density at radius 2 is 1.77 bits per heavy atom. The third-order valence-corrected chi connectivity index (χ3v) is 4.00. The van der Waals surface area contributed by atoms with Crippen LogP contribution < -0.4 is 5.56 Å². The summed E-state index contributed by atoms with van der Waals surface area (Å²) in [5.41, 5.74) is 4.45. The van der Waals surface area contributed by atoms with E-state index in [-0.39, 0.29) is 5.56 Å². The molecule has 0 aliphatic heterocycles. The summed E-state index contributed by atoms with van der Waals surface area (Å²) < 4.78 is 1.67. The largest absolute Gasteiger partial charge is 0.329 e. The molecule has 4 aromatic rings. The van der Waals surface area contributed by atoms with Gasteiger partial charge < -0.3 is 4.98 Å². The Hall–Kier alpha value is -2.88. The van der Waals surface area contributed by atoms with E-state index in [0.29, 0.717) is 12.2 Å². The molecule has 0 aliphatic carbocycles. The van der Waals surface area contributed by atoms with Gasteiger partial charge in [-0.2, -0.15) is 0 Å². The van der Waals surface area contributed by atoms with Gasteiger partial charge in [0, 0.05) is 17.7 Å². The van der Waals surface area contributed by atoms with E-state index < -0.39 is 0 Å². The molecule has 2 aromatic heterocycles. The molecule has 0 atom stereocenters. The van der Waals surface area contributed by atoms with Gasteiger partial charge in [-0.25, -0.2) is 9.38 Å². The predicted octanol–water partition coefficient (Wildman–Crippen LogP) is 3.08. The second kappa shape index (κ2) is 4.84. The van der Waals surface area contributed by atoms with Crippen LogP contribution in [0.3, 0.4) is 0 Å². The van der Waals surface area contributed by atoms with E-state index in [1.54, 1.807) is 4.40 Å². The Labute approximate surface area is 127 Å². The van der Waals surface area contributed by atoms with Crippen molar-refractivity contribution in [2.45, 2.75) is 13.3 Å². The summed E-state index contributed by atoms with van der Waals surface area (Å²) >= 11 is 0. The summed E-state index contributed by atoms with van der Waals surface area (Å²) in [6.07, 6.45) is 0.616. The number of imidazole rings is 1. The zero-order valence-corrected chi connectivity index (χ0v) is 12.2. The Bertz CT molecular complexity index is 1030. The lowest BCUT2D eigenvalue weighted by Gasteiger charge is -2.07. The molecule has 4 nitrogen and oxygen atoms in total. The molecule has 1 N–H and O–H groups in total. The minimum Gasteiger partial charge on any atom is -0.329 e. The number of para-hydroxylation sites is 2. The van der Waals surface area contributed by atoms with Gasteiger partial charge in [0.2, 0.25) is 5.78 Å². The highest BCUT2D eigenvalue weighted by Gasteiger charge is 2.13. The highest BCUT2D eigenvalue weighted by atomic mass is 16.1. The number of aromatic amines is 1. The van der Waals surface area contributed by atoms with E-state index in [1.165, 1.54) is 0 Å². The minimum absolute atomic E-state index is 0.00352. The van der Waals surface area contributed by atoms with Crippen LogP contribution in [0, 0.1) is 6.92 Å². The van der Waals surface area contributed by atoms with Crippen LogP contribution in [0.2, 0.25) is 0 Å². The summed E-state index contributed by atoms with van der Waals surface area (Å²) in [5.74, 6) is 0.598. The van der Waals surface area contributed by atoms with Gasteiger partial charge in [-0.3, -0.25) is 4.79 Å². The van der Waals surface area contributed by atoms with Crippen molar-refractivity contribution in [2.75, 3.05) is 0 Å². The zero-order chi connectivity index (χ0) is 15.1. The number of benzene rings is 2. The Morgan fingerprint density at radius 3 is 2.59 bits per heavy atom. The van der Waals surface area contributed by atoms with Crippen molar-refractivity contribution >= 4 is 16.8 Å². The van der Waals surface area contributed by atoms with Crippen molar-refractivity contribution in [1.82, 2.24) is 14.4 Å². The van der Waals surface area contributed by atoms with Gasteiger partial charge in [-0.15, -0.1) is 0 Å². The molecule has 2 heterocycles. The summed E-state index contributed by atoms with van der Waals surface area (Å²) in [5, 5.41) is 0. The molecule has 22 heavy (non-hydrogen) atoms. The normalized spacial score (nSPS) is 11.3. The lowest BCUT2D eigenvalue weighted by molar-refractivity contribution is 0.968. The molecular formula is C18H15N3O. The average Bonchev–Trinajstić information content (AvgIpc) is 2.90. The molecule has 4 heteroatoms. The van der Waals surface area contributed by atoms with Crippen molar-refractivity contribution in [3.05, 3.63) is 81.8 Å². The smallest absolute Gasteiger partial charge is 0.263 e. The number of aryl methyl sites for hydroxylation is 1. The van der Waals surface area contributed by atoms with Gasteiger partial charge in [0.15, 0.2) is 0 Å². The van der Waals surface area contributed by atoms with Gasteiger partial charge in [0.05, 0.1) is 11.0 Å². The van der Waals surface area contributed by atoms with Gasteiger partial charge in [-0.05, 0) is 24.6 Å². The van der Waals surface area contributed by atoms with E-state index in [0.717, 1.165) is 27.9 Å². The van der Waals surface area contributed by atoms with Crippen LogP contribution in [-0.4, -0.2) is 14.4 Å². The summed E-state index contributed by atoms with van der Waals surface area (Å²) in [4.78, 5) is 20.7. The van der Waals surface area contributed by atoms with Crippen molar-refractivity contribution in [2.24, 2.45) is 0 Å². The van der Waals surface area contributed by atoms with Gasteiger partial charge >= 0.3 is 0 Å². The molecule has 0 bridgehead atoms. The molecule has 0 spiro atoms. The molecule has 0 fully saturated rings. The molecule has 0 radical (unpaired) electrons. The van der Waals surface area contributed by atoms with Gasteiger partial charge in [-0.1, -0.05) is 42.5 Å². The summed E-state index contributed by atoms with van der Waals surface area (Å²) in [6.45, 7) is 1.93. The Morgan fingerprint density at radius 1 is 1.05 bits per heavy atom. The SMILES string of the molecule is Cc1[nH]c2nc3ccccc3n2c(=O)c1Cc1ccccc1. The number of aromatic nitrogens is 3. The average molecular weight is 289 g/mol. The fourth-order valence-corrected chi connectivity index (χ4v) is 2.86. The lowest BCUT2D eigenvalue weighted by Crippen LogP contribution is -2.21. The van der Waals surface area contributed by atoms with Gasteiger partial charge in [0.25, 0.3) is 5.56 Å². The van der Waals surface area contributed by atoms with Crippen molar-refractivity contribution in [3.63, 3.8) is 0 Å². The van der Waals surface area contributed by atoms with E-state index in [9.17, 15) is 4.79 Å².